The second-order valence-electron chi connectivity index (χ2n) is 15.0. The van der Waals surface area contributed by atoms with Crippen LogP contribution in [0.15, 0.2) is 42.5 Å². The summed E-state index contributed by atoms with van der Waals surface area (Å²) in [5, 5.41) is 143. The van der Waals surface area contributed by atoms with Gasteiger partial charge in [-0.15, -0.1) is 0 Å². The summed E-state index contributed by atoms with van der Waals surface area (Å²) in [6.45, 7) is -1.32. The monoisotopic (exact) mass is 988 g/mol. The molecule has 4 aromatic carbocycles. The number of rotatable bonds is 13. The van der Waals surface area contributed by atoms with Gasteiger partial charge in [0.1, 0.15) is 12.7 Å². The van der Waals surface area contributed by atoms with Crippen LogP contribution in [0.1, 0.15) is 59.3 Å². The molecule has 2 aliphatic rings. The number of aromatic hydroxyl groups is 12. The minimum atomic E-state index is -2.65. The van der Waals surface area contributed by atoms with E-state index in [4.69, 9.17) is 28.4 Å². The highest BCUT2D eigenvalue weighted by atomic mass is 16.7. The maximum Gasteiger partial charge on any atom is 0.347 e. The number of phenolic OH excluding ortho intramolecular Hbond substituents is 12. The van der Waals surface area contributed by atoms with Crippen LogP contribution in [0, 0.1) is 5.92 Å². The number of carbonyl (C=O) groups excluding carboxylic acids is 6. The number of phenols is 12. The van der Waals surface area contributed by atoms with E-state index in [1.165, 1.54) is 0 Å². The number of carboxylic acid groups (broad SMARTS) is 1. The lowest BCUT2D eigenvalue weighted by Crippen LogP contribution is -2.62. The van der Waals surface area contributed by atoms with Crippen molar-refractivity contribution in [3.8, 4) is 69.0 Å². The Bertz CT molecular complexity index is 2750. The van der Waals surface area contributed by atoms with Crippen LogP contribution in [0.2, 0.25) is 0 Å². The Hall–Kier alpha value is -9.31. The first-order chi connectivity index (χ1) is 32.8. The fraction of sp³-hybridized carbons (Fsp3) is 0.262. The van der Waals surface area contributed by atoms with Gasteiger partial charge >= 0.3 is 41.8 Å². The van der Waals surface area contributed by atoms with Gasteiger partial charge in [0.15, 0.2) is 81.6 Å². The molecule has 0 radical (unpaired) electrons. The summed E-state index contributed by atoms with van der Waals surface area (Å²) in [5.41, 5.74) is -4.01. The van der Waals surface area contributed by atoms with Crippen LogP contribution in [0.25, 0.3) is 0 Å². The predicted octanol–water partition coefficient (Wildman–Crippen LogP) is -0.0225. The number of carbonyl (C=O) groups is 7. The second-order valence-corrected chi connectivity index (χ2v) is 15.0. The number of carboxylic acids is 1. The number of ether oxygens (including phenoxy) is 7. The fourth-order valence-corrected chi connectivity index (χ4v) is 7.23. The number of benzene rings is 4. The predicted molar refractivity (Wildman–Crippen MR) is 215 cm³/mol. The first kappa shape index (κ1) is 50.1. The van der Waals surface area contributed by atoms with E-state index in [1.54, 1.807) is 0 Å². The molecule has 8 atom stereocenters. The first-order valence-electron chi connectivity index (χ1n) is 19.5. The molecule has 0 aromatic heterocycles. The molecule has 28 heteroatoms. The molecule has 372 valence electrons. The molecule has 0 spiro atoms. The quantitative estimate of drug-likeness (QED) is 0.0475. The number of aliphatic hydroxyl groups excluding tert-OH is 1. The smallest absolute Gasteiger partial charge is 0.347 e. The van der Waals surface area contributed by atoms with Gasteiger partial charge in [0.2, 0.25) is 18.1 Å². The number of methoxy groups -OCH3 is 1. The van der Waals surface area contributed by atoms with Crippen molar-refractivity contribution in [2.75, 3.05) is 13.7 Å². The second kappa shape index (κ2) is 19.5. The van der Waals surface area contributed by atoms with Gasteiger partial charge in [0.05, 0.1) is 47.6 Å². The van der Waals surface area contributed by atoms with E-state index in [9.17, 15) is 105 Å². The number of fused-ring (bicyclic) bond motifs is 1. The van der Waals surface area contributed by atoms with Crippen molar-refractivity contribution in [3.63, 3.8) is 0 Å². The van der Waals surface area contributed by atoms with Crippen molar-refractivity contribution in [3.05, 3.63) is 70.3 Å². The molecule has 1 saturated heterocycles. The molecular weight excluding hydrogens is 952 g/mol. The topological polar surface area (TPSA) is 467 Å². The number of aliphatic hydroxyl groups is 1. The van der Waals surface area contributed by atoms with Gasteiger partial charge in [-0.25, -0.2) is 24.0 Å². The molecule has 4 aromatic rings. The first-order valence-corrected chi connectivity index (χ1v) is 19.5. The molecule has 0 amide bonds. The van der Waals surface area contributed by atoms with Gasteiger partial charge < -0.3 is 105 Å². The van der Waals surface area contributed by atoms with Crippen LogP contribution in [0.5, 0.6) is 69.0 Å². The molecule has 28 nitrogen and oxygen atoms in total. The Morgan fingerprint density at radius 1 is 0.600 bits per heavy atom. The van der Waals surface area contributed by atoms with Crippen molar-refractivity contribution in [1.29, 1.82) is 0 Å². The number of hydrogen-bond donors (Lipinski definition) is 14. The summed E-state index contributed by atoms with van der Waals surface area (Å²) in [7, 11) is 0.762. The van der Waals surface area contributed by atoms with E-state index in [0.29, 0.717) is 42.5 Å². The van der Waals surface area contributed by atoms with E-state index >= 15 is 0 Å². The largest absolute Gasteiger partial charge is 0.504 e. The third kappa shape index (κ3) is 9.73. The van der Waals surface area contributed by atoms with Crippen molar-refractivity contribution in [1.82, 2.24) is 0 Å². The lowest BCUT2D eigenvalue weighted by molar-refractivity contribution is -0.288. The molecule has 0 bridgehead atoms. The molecule has 14 N–H and O–H groups in total. The maximum atomic E-state index is 14.7. The number of esters is 6. The molecule has 0 aliphatic carbocycles. The average Bonchev–Trinajstić information content (AvgIpc) is 3.30. The van der Waals surface area contributed by atoms with Crippen molar-refractivity contribution in [2.24, 2.45) is 5.92 Å². The van der Waals surface area contributed by atoms with Crippen LogP contribution in [-0.2, 0) is 47.5 Å². The molecule has 6 rings (SSSR count). The van der Waals surface area contributed by atoms with E-state index in [1.807, 2.05) is 0 Å². The molecule has 8 unspecified atom stereocenters. The molecular formula is C42H36O28. The summed E-state index contributed by atoms with van der Waals surface area (Å²) in [6, 6.07) is 3.87. The van der Waals surface area contributed by atoms with E-state index < -0.39 is 200 Å². The van der Waals surface area contributed by atoms with E-state index in [-0.39, 0.29) is 0 Å². The molecule has 1 fully saturated rings. The lowest BCUT2D eigenvalue weighted by atomic mass is 9.75. The van der Waals surface area contributed by atoms with Gasteiger partial charge in [-0.1, -0.05) is 0 Å². The zero-order valence-corrected chi connectivity index (χ0v) is 35.1. The highest BCUT2D eigenvalue weighted by Gasteiger charge is 2.55. The molecule has 2 aliphatic heterocycles. The summed E-state index contributed by atoms with van der Waals surface area (Å²) in [5.74, 6) is -29.9. The number of cyclic esters (lactones) is 1. The third-order valence-electron chi connectivity index (χ3n) is 10.6. The van der Waals surface area contributed by atoms with Gasteiger partial charge in [-0.2, -0.15) is 0 Å². The number of hydrogen-bond acceptors (Lipinski definition) is 27. The molecule has 0 saturated carbocycles. The Morgan fingerprint density at radius 3 is 1.53 bits per heavy atom. The summed E-state index contributed by atoms with van der Waals surface area (Å²) in [4.78, 5) is 93.8. The van der Waals surface area contributed by atoms with Gasteiger partial charge in [-0.05, 0) is 42.5 Å². The van der Waals surface area contributed by atoms with E-state index in [2.05, 4.69) is 4.74 Å². The van der Waals surface area contributed by atoms with Gasteiger partial charge in [-0.3, -0.25) is 9.59 Å². The van der Waals surface area contributed by atoms with Crippen LogP contribution < -0.4 is 0 Å². The highest BCUT2D eigenvalue weighted by Crippen LogP contribution is 2.50. The minimum Gasteiger partial charge on any atom is -0.504 e. The van der Waals surface area contributed by atoms with Crippen molar-refractivity contribution in [2.45, 2.75) is 49.1 Å². The SMILES string of the molecule is COC(=O)C1OC(=O)c2cc(O)c(O)c(O)c2C1C(CC(=O)O)C(=O)OC1C(COC(=O)c2cc(O)c(O)c(O)c2)OC(OC(=O)c2cc(O)c(O)c(O)c2)C(O)C1OC(=O)c1cc(O)c(O)c(O)c1. The van der Waals surface area contributed by atoms with Crippen LogP contribution in [0.3, 0.4) is 0 Å². The van der Waals surface area contributed by atoms with Crippen LogP contribution in [0.4, 0.5) is 0 Å². The Balaban J connectivity index is 1.49. The van der Waals surface area contributed by atoms with Gasteiger partial charge in [0.25, 0.3) is 0 Å². The van der Waals surface area contributed by atoms with Crippen molar-refractivity contribution >= 4 is 41.8 Å². The maximum absolute atomic E-state index is 14.7. The Morgan fingerprint density at radius 2 is 1.06 bits per heavy atom. The summed E-state index contributed by atoms with van der Waals surface area (Å²) >= 11 is 0. The highest BCUT2D eigenvalue weighted by molar-refractivity contribution is 5.99. The zero-order valence-electron chi connectivity index (χ0n) is 35.1. The van der Waals surface area contributed by atoms with Crippen LogP contribution in [-0.4, -0.2) is 164 Å². The zero-order chi connectivity index (χ0) is 51.8. The van der Waals surface area contributed by atoms with Crippen LogP contribution >= 0.6 is 0 Å². The fourth-order valence-electron chi connectivity index (χ4n) is 7.23. The Labute approximate surface area is 387 Å². The van der Waals surface area contributed by atoms with Crippen molar-refractivity contribution < 1.29 is 138 Å². The van der Waals surface area contributed by atoms with Gasteiger partial charge in [0, 0.05) is 5.56 Å². The number of aliphatic carboxylic acids is 1. The third-order valence-corrected chi connectivity index (χ3v) is 10.6. The summed E-state index contributed by atoms with van der Waals surface area (Å²) in [6.07, 6.45) is -16.3. The normalized spacial score (nSPS) is 20.9. The molecule has 2 heterocycles. The Kier molecular flexibility index (Phi) is 14.0. The average molecular weight is 989 g/mol. The standard InChI is InChI=1S/C42H36O28/c1-64-41(63)34-26(25-14(39(61)68-34)8-22(49)30(55)31(25)56)15(9-24(50)51)40(62)67-33-23(10-65-36(58)11-2-16(43)27(52)17(44)3-11)66-42(70-38(60)13-6-20(47)29(54)21(48)7-13)32(57)35(33)69-37(59)12-4-18(45)28(53)19(46)5-12/h2-8,15,23,26,32-35,42-49,52-57H,9-10H2,1H3,(H,50,51). The summed E-state index contributed by atoms with van der Waals surface area (Å²) < 4.78 is 37.1. The minimum absolute atomic E-state index is 0.518. The lowest BCUT2D eigenvalue weighted by Gasteiger charge is -2.43. The van der Waals surface area contributed by atoms with E-state index in [0.717, 1.165) is 7.11 Å². The molecule has 70 heavy (non-hydrogen) atoms.